The highest BCUT2D eigenvalue weighted by Gasteiger charge is 2.05. The Labute approximate surface area is 91.8 Å². The molecule has 5 nitrogen and oxygen atoms in total. The summed E-state index contributed by atoms with van der Waals surface area (Å²) in [6, 6.07) is 1.43. The van der Waals surface area contributed by atoms with Crippen LogP contribution in [0.5, 0.6) is 5.88 Å². The van der Waals surface area contributed by atoms with E-state index in [0.29, 0.717) is 0 Å². The SMILES string of the molecule is CC#CC(=O)Nc1nc(Cl)cc(OC)n1. The molecule has 0 saturated carbocycles. The lowest BCUT2D eigenvalue weighted by atomic mass is 10.5. The number of hydrogen-bond donors (Lipinski definition) is 1. The van der Waals surface area contributed by atoms with Crippen molar-refractivity contribution < 1.29 is 9.53 Å². The Hall–Kier alpha value is -1.80. The number of halogens is 1. The number of nitrogens with zero attached hydrogens (tertiary/aromatic N) is 2. The van der Waals surface area contributed by atoms with Gasteiger partial charge in [-0.25, -0.2) is 4.98 Å². The van der Waals surface area contributed by atoms with Gasteiger partial charge < -0.3 is 4.74 Å². The Morgan fingerprint density at radius 2 is 2.33 bits per heavy atom. The molecule has 0 aliphatic heterocycles. The number of aromatic nitrogens is 2. The molecule has 6 heteroatoms. The van der Waals surface area contributed by atoms with E-state index in [1.54, 1.807) is 6.92 Å². The van der Waals surface area contributed by atoms with Crippen LogP contribution in [-0.4, -0.2) is 23.0 Å². The molecular formula is C9H8ClN3O2. The number of rotatable bonds is 2. The first-order chi connectivity index (χ1) is 7.15. The highest BCUT2D eigenvalue weighted by molar-refractivity contribution is 6.29. The number of anilines is 1. The van der Waals surface area contributed by atoms with Crippen LogP contribution in [0, 0.1) is 11.8 Å². The number of methoxy groups -OCH3 is 1. The van der Waals surface area contributed by atoms with Gasteiger partial charge in [0.15, 0.2) is 0 Å². The molecule has 0 fully saturated rings. The maximum Gasteiger partial charge on any atom is 0.302 e. The fraction of sp³-hybridized carbons (Fsp3) is 0.222. The predicted molar refractivity (Wildman–Crippen MR) is 55.7 cm³/mol. The third-order valence-corrected chi connectivity index (χ3v) is 1.54. The molecule has 0 radical (unpaired) electrons. The zero-order chi connectivity index (χ0) is 11.3. The largest absolute Gasteiger partial charge is 0.481 e. The first kappa shape index (κ1) is 11.3. The Morgan fingerprint density at radius 3 is 2.93 bits per heavy atom. The number of ether oxygens (including phenoxy) is 1. The van der Waals surface area contributed by atoms with E-state index in [1.807, 2.05) is 0 Å². The highest BCUT2D eigenvalue weighted by Crippen LogP contribution is 2.15. The molecule has 15 heavy (non-hydrogen) atoms. The molecule has 0 atom stereocenters. The van der Waals surface area contributed by atoms with Gasteiger partial charge in [0.25, 0.3) is 0 Å². The second kappa shape index (κ2) is 5.17. The summed E-state index contributed by atoms with van der Waals surface area (Å²) in [5, 5.41) is 2.54. The molecule has 1 aromatic heterocycles. The third-order valence-electron chi connectivity index (χ3n) is 1.34. The molecule has 0 aromatic carbocycles. The molecule has 78 valence electrons. The summed E-state index contributed by atoms with van der Waals surface area (Å²) >= 11 is 5.67. The van der Waals surface area contributed by atoms with Gasteiger partial charge in [0.05, 0.1) is 7.11 Å². The van der Waals surface area contributed by atoms with Crippen LogP contribution >= 0.6 is 11.6 Å². The second-order valence-electron chi connectivity index (χ2n) is 2.39. The number of amides is 1. The van der Waals surface area contributed by atoms with E-state index in [0.717, 1.165) is 0 Å². The van der Waals surface area contributed by atoms with Crippen molar-refractivity contribution in [1.29, 1.82) is 0 Å². The van der Waals surface area contributed by atoms with Crippen LogP contribution < -0.4 is 10.1 Å². The van der Waals surface area contributed by atoms with Crippen molar-refractivity contribution in [2.45, 2.75) is 6.92 Å². The van der Waals surface area contributed by atoms with Crippen LogP contribution in [0.3, 0.4) is 0 Å². The minimum absolute atomic E-state index is 0.0621. The molecule has 0 unspecified atom stereocenters. The summed E-state index contributed by atoms with van der Waals surface area (Å²) < 4.78 is 4.85. The van der Waals surface area contributed by atoms with Gasteiger partial charge in [-0.05, 0) is 12.8 Å². The maximum absolute atomic E-state index is 11.1. The van der Waals surface area contributed by atoms with E-state index in [-0.39, 0.29) is 17.0 Å². The summed E-state index contributed by atoms with van der Waals surface area (Å²) in [4.78, 5) is 18.7. The highest BCUT2D eigenvalue weighted by atomic mass is 35.5. The maximum atomic E-state index is 11.1. The second-order valence-corrected chi connectivity index (χ2v) is 2.77. The van der Waals surface area contributed by atoms with Gasteiger partial charge in [-0.2, -0.15) is 4.98 Å². The molecule has 1 amide bonds. The van der Waals surface area contributed by atoms with Crippen molar-refractivity contribution >= 4 is 23.5 Å². The van der Waals surface area contributed by atoms with Crippen LogP contribution in [0.15, 0.2) is 6.07 Å². The number of nitrogens with one attached hydrogen (secondary N) is 1. The van der Waals surface area contributed by atoms with Gasteiger partial charge in [0.1, 0.15) is 5.15 Å². The van der Waals surface area contributed by atoms with Crippen LogP contribution in [0.1, 0.15) is 6.92 Å². The van der Waals surface area contributed by atoms with Crippen molar-refractivity contribution in [2.75, 3.05) is 12.4 Å². The smallest absolute Gasteiger partial charge is 0.302 e. The number of hydrogen-bond acceptors (Lipinski definition) is 4. The molecule has 1 rings (SSSR count). The average molecular weight is 226 g/mol. The molecule has 1 aromatic rings. The van der Waals surface area contributed by atoms with Crippen molar-refractivity contribution in [3.8, 4) is 17.7 Å². The molecule has 0 aliphatic carbocycles. The Balaban J connectivity index is 2.88. The van der Waals surface area contributed by atoms with E-state index in [4.69, 9.17) is 16.3 Å². The monoisotopic (exact) mass is 225 g/mol. The molecule has 0 aliphatic rings. The lowest BCUT2D eigenvalue weighted by Gasteiger charge is -2.02. The zero-order valence-corrected chi connectivity index (χ0v) is 8.92. The van der Waals surface area contributed by atoms with Gasteiger partial charge >= 0.3 is 5.91 Å². The Bertz CT molecular complexity index is 437. The first-order valence-corrected chi connectivity index (χ1v) is 4.36. The van der Waals surface area contributed by atoms with E-state index in [1.165, 1.54) is 13.2 Å². The molecular weight excluding hydrogens is 218 g/mol. The Kier molecular flexibility index (Phi) is 3.89. The molecule has 0 saturated heterocycles. The van der Waals surface area contributed by atoms with Crippen LogP contribution in [0.2, 0.25) is 5.15 Å². The number of carbonyl (C=O) groups is 1. The Morgan fingerprint density at radius 1 is 1.60 bits per heavy atom. The third kappa shape index (κ3) is 3.44. The normalized spacial score (nSPS) is 8.73. The quantitative estimate of drug-likeness (QED) is 0.605. The average Bonchev–Trinajstić information content (AvgIpc) is 2.17. The summed E-state index contributed by atoms with van der Waals surface area (Å²) in [5.74, 6) is 4.57. The summed E-state index contributed by atoms with van der Waals surface area (Å²) in [5.41, 5.74) is 0. The molecule has 1 N–H and O–H groups in total. The van der Waals surface area contributed by atoms with Crippen molar-refractivity contribution in [3.05, 3.63) is 11.2 Å². The first-order valence-electron chi connectivity index (χ1n) is 3.98. The van der Waals surface area contributed by atoms with Crippen LogP contribution in [-0.2, 0) is 4.79 Å². The van der Waals surface area contributed by atoms with Crippen LogP contribution in [0.4, 0.5) is 5.95 Å². The van der Waals surface area contributed by atoms with E-state index >= 15 is 0 Å². The van der Waals surface area contributed by atoms with Crippen molar-refractivity contribution in [3.63, 3.8) is 0 Å². The molecule has 1 heterocycles. The summed E-state index contributed by atoms with van der Waals surface area (Å²) in [7, 11) is 1.44. The summed E-state index contributed by atoms with van der Waals surface area (Å²) in [6.07, 6.45) is 0. The van der Waals surface area contributed by atoms with Gasteiger partial charge in [-0.15, -0.1) is 0 Å². The standard InChI is InChI=1S/C9H8ClN3O2/c1-3-4-7(14)12-9-11-6(10)5-8(13-9)15-2/h5H,1-2H3,(H,11,12,13,14). The minimum Gasteiger partial charge on any atom is -0.481 e. The van der Waals surface area contributed by atoms with E-state index in [9.17, 15) is 4.79 Å². The van der Waals surface area contributed by atoms with Crippen molar-refractivity contribution in [1.82, 2.24) is 9.97 Å². The van der Waals surface area contributed by atoms with E-state index in [2.05, 4.69) is 27.1 Å². The van der Waals surface area contributed by atoms with Gasteiger partial charge in [-0.3, -0.25) is 10.1 Å². The molecule has 0 spiro atoms. The van der Waals surface area contributed by atoms with Gasteiger partial charge in [-0.1, -0.05) is 17.5 Å². The minimum atomic E-state index is -0.498. The van der Waals surface area contributed by atoms with Gasteiger partial charge in [0.2, 0.25) is 11.8 Å². The lowest BCUT2D eigenvalue weighted by Crippen LogP contribution is -2.11. The fourth-order valence-corrected chi connectivity index (χ4v) is 0.977. The topological polar surface area (TPSA) is 64.1 Å². The number of carbonyl (C=O) groups excluding carboxylic acids is 1. The van der Waals surface area contributed by atoms with E-state index < -0.39 is 5.91 Å². The molecule has 0 bridgehead atoms. The fourth-order valence-electron chi connectivity index (χ4n) is 0.804. The predicted octanol–water partition coefficient (Wildman–Crippen LogP) is 1.10. The van der Waals surface area contributed by atoms with Gasteiger partial charge in [0, 0.05) is 6.07 Å². The zero-order valence-electron chi connectivity index (χ0n) is 8.17. The summed E-state index contributed by atoms with van der Waals surface area (Å²) in [6.45, 7) is 1.55. The lowest BCUT2D eigenvalue weighted by molar-refractivity contribution is -0.111. The van der Waals surface area contributed by atoms with Crippen LogP contribution in [0.25, 0.3) is 0 Å². The van der Waals surface area contributed by atoms with Crippen molar-refractivity contribution in [2.24, 2.45) is 0 Å².